The molecule has 0 rings (SSSR count). The number of rotatable bonds is 4. The number of carboxylic acids is 1. The fourth-order valence-electron chi connectivity index (χ4n) is 0.544. The molecule has 0 aliphatic carbocycles. The Morgan fingerprint density at radius 3 is 2.30 bits per heavy atom. The molecule has 1 atom stereocenters. The van der Waals surface area contributed by atoms with Crippen molar-refractivity contribution in [1.29, 1.82) is 0 Å². The first-order chi connectivity index (χ1) is 4.56. The zero-order valence-electron chi connectivity index (χ0n) is 6.06. The lowest BCUT2D eigenvalue weighted by Gasteiger charge is -2.19. The largest absolute Gasteiger partial charge is 0.478 e. The minimum atomic E-state index is -1.52. The van der Waals surface area contributed by atoms with Crippen molar-refractivity contribution in [3.05, 3.63) is 0 Å². The summed E-state index contributed by atoms with van der Waals surface area (Å²) < 4.78 is 4.81. The molecule has 0 aromatic carbocycles. The molecule has 0 aliphatic rings. The maximum Gasteiger partial charge on any atom is 0.351 e. The van der Waals surface area contributed by atoms with Crippen LogP contribution >= 0.6 is 11.6 Å². The van der Waals surface area contributed by atoms with E-state index in [1.807, 2.05) is 0 Å². The smallest absolute Gasteiger partial charge is 0.351 e. The van der Waals surface area contributed by atoms with Crippen LogP contribution in [0.2, 0.25) is 0 Å². The molecule has 0 saturated carbocycles. The lowest BCUT2D eigenvalue weighted by atomic mass is 10.3. The highest BCUT2D eigenvalue weighted by Gasteiger charge is 2.34. The van der Waals surface area contributed by atoms with E-state index in [4.69, 9.17) is 21.4 Å². The molecule has 1 N–H and O–H groups in total. The quantitative estimate of drug-likeness (QED) is 0.644. The van der Waals surface area contributed by atoms with E-state index in [-0.39, 0.29) is 6.42 Å². The van der Waals surface area contributed by atoms with Crippen LogP contribution < -0.4 is 0 Å². The van der Waals surface area contributed by atoms with E-state index in [1.165, 1.54) is 0 Å². The summed E-state index contributed by atoms with van der Waals surface area (Å²) in [7, 11) is 0. The second-order valence-electron chi connectivity index (χ2n) is 1.82. The van der Waals surface area contributed by atoms with Gasteiger partial charge in [0.2, 0.25) is 5.06 Å². The van der Waals surface area contributed by atoms with Gasteiger partial charge < -0.3 is 9.84 Å². The first-order valence-electron chi connectivity index (χ1n) is 3.13. The van der Waals surface area contributed by atoms with Crippen molar-refractivity contribution in [1.82, 2.24) is 0 Å². The van der Waals surface area contributed by atoms with Crippen molar-refractivity contribution >= 4 is 17.6 Å². The van der Waals surface area contributed by atoms with Gasteiger partial charge in [0.05, 0.1) is 0 Å². The highest BCUT2D eigenvalue weighted by Crippen LogP contribution is 2.21. The second-order valence-corrected chi connectivity index (χ2v) is 2.43. The third kappa shape index (κ3) is 2.15. The number of halogens is 1. The van der Waals surface area contributed by atoms with Crippen LogP contribution in [-0.2, 0) is 9.53 Å². The molecular formula is C6H11ClO3. The molecule has 0 fully saturated rings. The first kappa shape index (κ1) is 9.72. The van der Waals surface area contributed by atoms with E-state index < -0.39 is 11.0 Å². The molecule has 60 valence electrons. The van der Waals surface area contributed by atoms with Crippen LogP contribution in [0, 0.1) is 0 Å². The van der Waals surface area contributed by atoms with Crippen LogP contribution in [0.3, 0.4) is 0 Å². The SMILES string of the molecule is CCOC(Cl)(CC)C(=O)O. The van der Waals surface area contributed by atoms with E-state index in [0.717, 1.165) is 0 Å². The van der Waals surface area contributed by atoms with Crippen LogP contribution in [0.5, 0.6) is 0 Å². The minimum Gasteiger partial charge on any atom is -0.478 e. The van der Waals surface area contributed by atoms with Crippen LogP contribution in [0.15, 0.2) is 0 Å². The highest BCUT2D eigenvalue weighted by molar-refractivity contribution is 6.32. The summed E-state index contributed by atoms with van der Waals surface area (Å²) in [5.41, 5.74) is 0. The van der Waals surface area contributed by atoms with Crippen molar-refractivity contribution in [2.75, 3.05) is 6.61 Å². The van der Waals surface area contributed by atoms with E-state index in [9.17, 15) is 4.79 Å². The fraction of sp³-hybridized carbons (Fsp3) is 0.833. The number of carboxylic acid groups (broad SMARTS) is 1. The lowest BCUT2D eigenvalue weighted by Crippen LogP contribution is -2.34. The van der Waals surface area contributed by atoms with Gasteiger partial charge in [0.15, 0.2) is 0 Å². The Morgan fingerprint density at radius 2 is 2.20 bits per heavy atom. The van der Waals surface area contributed by atoms with Gasteiger partial charge in [-0.1, -0.05) is 18.5 Å². The number of alkyl halides is 1. The van der Waals surface area contributed by atoms with Crippen LogP contribution in [0.25, 0.3) is 0 Å². The zero-order chi connectivity index (χ0) is 8.20. The van der Waals surface area contributed by atoms with E-state index in [0.29, 0.717) is 6.61 Å². The number of ether oxygens (including phenoxy) is 1. The van der Waals surface area contributed by atoms with Crippen LogP contribution in [-0.4, -0.2) is 22.7 Å². The number of hydrogen-bond acceptors (Lipinski definition) is 2. The van der Waals surface area contributed by atoms with Crippen LogP contribution in [0.1, 0.15) is 20.3 Å². The van der Waals surface area contributed by atoms with Gasteiger partial charge in [-0.25, -0.2) is 4.79 Å². The van der Waals surface area contributed by atoms with Crippen molar-refractivity contribution in [2.24, 2.45) is 0 Å². The topological polar surface area (TPSA) is 46.5 Å². The summed E-state index contributed by atoms with van der Waals surface area (Å²) in [6, 6.07) is 0. The Balaban J connectivity index is 4.08. The Morgan fingerprint density at radius 1 is 1.70 bits per heavy atom. The van der Waals surface area contributed by atoms with E-state index in [1.54, 1.807) is 13.8 Å². The molecule has 0 bridgehead atoms. The molecule has 4 heteroatoms. The summed E-state index contributed by atoms with van der Waals surface area (Å²) >= 11 is 5.54. The predicted molar refractivity (Wildman–Crippen MR) is 38.1 cm³/mol. The Kier molecular flexibility index (Phi) is 3.68. The van der Waals surface area contributed by atoms with Gasteiger partial charge >= 0.3 is 5.97 Å². The number of aliphatic carboxylic acids is 1. The predicted octanol–water partition coefficient (Wildman–Crippen LogP) is 1.45. The normalized spacial score (nSPS) is 16.3. The minimum absolute atomic E-state index is 0.262. The summed E-state index contributed by atoms with van der Waals surface area (Å²) in [4.78, 5) is 10.4. The molecule has 0 heterocycles. The second kappa shape index (κ2) is 3.78. The Hall–Kier alpha value is -0.280. The molecule has 1 unspecified atom stereocenters. The molecule has 10 heavy (non-hydrogen) atoms. The van der Waals surface area contributed by atoms with Crippen molar-refractivity contribution in [2.45, 2.75) is 25.3 Å². The lowest BCUT2D eigenvalue weighted by molar-refractivity contribution is -0.154. The van der Waals surface area contributed by atoms with Gasteiger partial charge in [-0.05, 0) is 13.3 Å². The third-order valence-corrected chi connectivity index (χ3v) is 1.69. The van der Waals surface area contributed by atoms with Gasteiger partial charge in [0.25, 0.3) is 0 Å². The maximum absolute atomic E-state index is 10.4. The van der Waals surface area contributed by atoms with Crippen molar-refractivity contribution < 1.29 is 14.6 Å². The number of hydrogen-bond donors (Lipinski definition) is 1. The van der Waals surface area contributed by atoms with E-state index >= 15 is 0 Å². The molecule has 3 nitrogen and oxygen atoms in total. The third-order valence-electron chi connectivity index (χ3n) is 1.15. The summed E-state index contributed by atoms with van der Waals surface area (Å²) in [6.07, 6.45) is 0.262. The standard InChI is InChI=1S/C6H11ClO3/c1-3-6(7,5(8)9)10-4-2/h3-4H2,1-2H3,(H,8,9). The molecule has 0 saturated heterocycles. The molecule has 0 aromatic rings. The average Bonchev–Trinajstić information content (AvgIpc) is 1.88. The molecule has 0 aliphatic heterocycles. The summed E-state index contributed by atoms with van der Waals surface area (Å²) in [6.45, 7) is 3.68. The van der Waals surface area contributed by atoms with Gasteiger partial charge in [-0.3, -0.25) is 0 Å². The van der Waals surface area contributed by atoms with E-state index in [2.05, 4.69) is 0 Å². The Labute approximate surface area is 64.9 Å². The van der Waals surface area contributed by atoms with Gasteiger partial charge in [0, 0.05) is 6.61 Å². The summed E-state index contributed by atoms with van der Waals surface area (Å²) in [5, 5.41) is 6.99. The molecule has 0 amide bonds. The Bertz CT molecular complexity index is 126. The molecular weight excluding hydrogens is 156 g/mol. The fourth-order valence-corrected chi connectivity index (χ4v) is 0.653. The molecule has 0 radical (unpaired) electrons. The van der Waals surface area contributed by atoms with Gasteiger partial charge in [-0.2, -0.15) is 0 Å². The average molecular weight is 167 g/mol. The monoisotopic (exact) mass is 166 g/mol. The molecule has 0 spiro atoms. The van der Waals surface area contributed by atoms with Crippen molar-refractivity contribution in [3.8, 4) is 0 Å². The van der Waals surface area contributed by atoms with Gasteiger partial charge in [-0.15, -0.1) is 0 Å². The first-order valence-corrected chi connectivity index (χ1v) is 3.51. The van der Waals surface area contributed by atoms with Crippen LogP contribution in [0.4, 0.5) is 0 Å². The molecule has 0 aromatic heterocycles. The highest BCUT2D eigenvalue weighted by atomic mass is 35.5. The summed E-state index contributed by atoms with van der Waals surface area (Å²) in [5.74, 6) is -1.13. The zero-order valence-corrected chi connectivity index (χ0v) is 6.81. The van der Waals surface area contributed by atoms with Crippen molar-refractivity contribution in [3.63, 3.8) is 0 Å². The number of carbonyl (C=O) groups is 1. The van der Waals surface area contributed by atoms with Gasteiger partial charge in [0.1, 0.15) is 0 Å². The maximum atomic E-state index is 10.4.